The van der Waals surface area contributed by atoms with E-state index in [2.05, 4.69) is 39.9 Å². The second-order valence-electron chi connectivity index (χ2n) is 8.08. The van der Waals surface area contributed by atoms with Crippen molar-refractivity contribution in [2.75, 3.05) is 7.11 Å². The fourth-order valence-corrected chi connectivity index (χ4v) is 3.87. The van der Waals surface area contributed by atoms with Crippen LogP contribution >= 0.6 is 0 Å². The first-order valence-corrected chi connectivity index (χ1v) is 11.5. The van der Waals surface area contributed by atoms with Gasteiger partial charge in [0.1, 0.15) is 5.75 Å². The Hall–Kier alpha value is -4.97. The quantitative estimate of drug-likeness (QED) is 0.234. The highest BCUT2D eigenvalue weighted by atomic mass is 16.5. The summed E-state index contributed by atoms with van der Waals surface area (Å²) in [6, 6.07) is 37.4. The molecular formula is C30H24N4O2. The number of carbonyl (C=O) groups is 1. The predicted octanol–water partition coefficient (Wildman–Crippen LogP) is 5.98. The van der Waals surface area contributed by atoms with Crippen LogP contribution in [0.5, 0.6) is 5.75 Å². The van der Waals surface area contributed by atoms with Gasteiger partial charge in [0.2, 0.25) is 0 Å². The number of rotatable bonds is 7. The number of para-hydroxylation sites is 1. The van der Waals surface area contributed by atoms with Crippen LogP contribution in [-0.4, -0.2) is 29.0 Å². The van der Waals surface area contributed by atoms with E-state index in [1.807, 2.05) is 84.9 Å². The minimum atomic E-state index is -0.397. The molecule has 1 N–H and O–H groups in total. The number of nitrogens with one attached hydrogen (secondary N) is 1. The molecule has 0 atom stereocenters. The molecule has 0 unspecified atom stereocenters. The summed E-state index contributed by atoms with van der Waals surface area (Å²) in [4.78, 5) is 12.9. The number of methoxy groups -OCH3 is 1. The first kappa shape index (κ1) is 22.8. The van der Waals surface area contributed by atoms with Crippen LogP contribution in [-0.2, 0) is 0 Å². The zero-order valence-corrected chi connectivity index (χ0v) is 19.7. The van der Waals surface area contributed by atoms with Gasteiger partial charge in [-0.1, -0.05) is 84.9 Å². The molecule has 1 aromatic heterocycles. The monoisotopic (exact) mass is 472 g/mol. The molecule has 0 aliphatic heterocycles. The summed E-state index contributed by atoms with van der Waals surface area (Å²) >= 11 is 0. The smallest absolute Gasteiger partial charge is 0.291 e. The second-order valence-corrected chi connectivity index (χ2v) is 8.08. The molecule has 6 nitrogen and oxygen atoms in total. The Morgan fingerprint density at radius 1 is 0.806 bits per heavy atom. The average molecular weight is 473 g/mol. The molecule has 1 amide bonds. The van der Waals surface area contributed by atoms with Gasteiger partial charge in [-0.3, -0.25) is 4.79 Å². The van der Waals surface area contributed by atoms with Crippen molar-refractivity contribution in [2.24, 2.45) is 5.10 Å². The van der Waals surface area contributed by atoms with Gasteiger partial charge in [0.25, 0.3) is 5.91 Å². The molecule has 0 fully saturated rings. The summed E-state index contributed by atoms with van der Waals surface area (Å²) in [6.45, 7) is 0. The van der Waals surface area contributed by atoms with Gasteiger partial charge in [0, 0.05) is 5.56 Å². The lowest BCUT2D eigenvalue weighted by Crippen LogP contribution is -2.18. The number of aromatic nitrogens is 2. The molecule has 0 aliphatic carbocycles. The number of amides is 1. The largest absolute Gasteiger partial charge is 0.497 e. The van der Waals surface area contributed by atoms with E-state index < -0.39 is 5.91 Å². The zero-order valence-electron chi connectivity index (χ0n) is 19.7. The van der Waals surface area contributed by atoms with E-state index in [1.165, 1.54) is 0 Å². The SMILES string of the molecule is COc1cccc(/C=N\NC(=O)c2cc(-c3ccc(-c4ccccc4)cc3)n(-c3ccccc3)n2)c1. The third-order valence-corrected chi connectivity index (χ3v) is 5.70. The first-order valence-electron chi connectivity index (χ1n) is 11.5. The fraction of sp³-hybridized carbons (Fsp3) is 0.0333. The molecule has 5 aromatic rings. The molecule has 0 saturated heterocycles. The van der Waals surface area contributed by atoms with Crippen LogP contribution in [0.3, 0.4) is 0 Å². The van der Waals surface area contributed by atoms with Crippen molar-refractivity contribution in [3.05, 3.63) is 127 Å². The third-order valence-electron chi connectivity index (χ3n) is 5.70. The summed E-state index contributed by atoms with van der Waals surface area (Å²) in [7, 11) is 1.61. The molecule has 176 valence electrons. The highest BCUT2D eigenvalue weighted by Gasteiger charge is 2.16. The topological polar surface area (TPSA) is 68.5 Å². The number of hydrazone groups is 1. The van der Waals surface area contributed by atoms with Crippen molar-refractivity contribution < 1.29 is 9.53 Å². The van der Waals surface area contributed by atoms with Crippen molar-refractivity contribution in [3.63, 3.8) is 0 Å². The lowest BCUT2D eigenvalue weighted by atomic mass is 10.0. The maximum atomic E-state index is 12.9. The van der Waals surface area contributed by atoms with Crippen molar-refractivity contribution >= 4 is 12.1 Å². The summed E-state index contributed by atoms with van der Waals surface area (Å²) in [6.07, 6.45) is 1.57. The van der Waals surface area contributed by atoms with E-state index >= 15 is 0 Å². The first-order chi connectivity index (χ1) is 17.7. The van der Waals surface area contributed by atoms with Crippen molar-refractivity contribution in [1.29, 1.82) is 0 Å². The Labute approximate surface area is 209 Å². The normalized spacial score (nSPS) is 10.9. The number of hydrogen-bond acceptors (Lipinski definition) is 4. The van der Waals surface area contributed by atoms with Gasteiger partial charge in [-0.25, -0.2) is 10.1 Å². The van der Waals surface area contributed by atoms with Gasteiger partial charge < -0.3 is 4.74 Å². The van der Waals surface area contributed by atoms with Crippen LogP contribution in [0.2, 0.25) is 0 Å². The Kier molecular flexibility index (Phi) is 6.67. The number of ether oxygens (including phenoxy) is 1. The molecule has 0 spiro atoms. The van der Waals surface area contributed by atoms with Gasteiger partial charge in [-0.15, -0.1) is 0 Å². The number of nitrogens with zero attached hydrogens (tertiary/aromatic N) is 3. The zero-order chi connectivity index (χ0) is 24.7. The van der Waals surface area contributed by atoms with E-state index in [1.54, 1.807) is 24.1 Å². The molecule has 5 rings (SSSR count). The highest BCUT2D eigenvalue weighted by Crippen LogP contribution is 2.27. The van der Waals surface area contributed by atoms with Gasteiger partial charge in [-0.2, -0.15) is 10.2 Å². The van der Waals surface area contributed by atoms with Crippen LogP contribution in [0, 0.1) is 0 Å². The van der Waals surface area contributed by atoms with Crippen molar-refractivity contribution in [3.8, 4) is 33.8 Å². The van der Waals surface area contributed by atoms with Crippen LogP contribution in [0.4, 0.5) is 0 Å². The fourth-order valence-electron chi connectivity index (χ4n) is 3.87. The lowest BCUT2D eigenvalue weighted by molar-refractivity contribution is 0.0949. The second kappa shape index (κ2) is 10.5. The van der Waals surface area contributed by atoms with Gasteiger partial charge in [0.15, 0.2) is 5.69 Å². The molecule has 0 bridgehead atoms. The molecule has 36 heavy (non-hydrogen) atoms. The van der Waals surface area contributed by atoms with Crippen LogP contribution in [0.15, 0.2) is 120 Å². The van der Waals surface area contributed by atoms with E-state index in [-0.39, 0.29) is 5.69 Å². The number of benzene rings is 4. The van der Waals surface area contributed by atoms with E-state index in [0.29, 0.717) is 0 Å². The van der Waals surface area contributed by atoms with Crippen LogP contribution in [0.25, 0.3) is 28.1 Å². The standard InChI is InChI=1S/C30H24N4O2/c1-36-27-14-8-9-22(19-27)21-31-32-30(35)28-20-29(34(33-28)26-12-6-3-7-13-26)25-17-15-24(16-18-25)23-10-4-2-5-11-23/h2-21H,1H3,(H,32,35)/b31-21-. The number of carbonyl (C=O) groups excluding carboxylic acids is 1. The Balaban J connectivity index is 1.43. The molecule has 6 heteroatoms. The summed E-state index contributed by atoms with van der Waals surface area (Å²) in [5, 5.41) is 8.69. The predicted molar refractivity (Wildman–Crippen MR) is 142 cm³/mol. The Morgan fingerprint density at radius 2 is 1.47 bits per heavy atom. The molecule has 1 heterocycles. The molecular weight excluding hydrogens is 448 g/mol. The summed E-state index contributed by atoms with van der Waals surface area (Å²) in [5.41, 5.74) is 8.53. The summed E-state index contributed by atoms with van der Waals surface area (Å²) < 4.78 is 7.00. The maximum Gasteiger partial charge on any atom is 0.291 e. The number of hydrogen-bond donors (Lipinski definition) is 1. The molecule has 0 radical (unpaired) electrons. The van der Waals surface area contributed by atoms with Gasteiger partial charge in [-0.05, 0) is 47.0 Å². The highest BCUT2D eigenvalue weighted by molar-refractivity contribution is 5.94. The maximum absolute atomic E-state index is 12.9. The Bertz CT molecular complexity index is 1490. The van der Waals surface area contributed by atoms with Gasteiger partial charge >= 0.3 is 0 Å². The third kappa shape index (κ3) is 5.08. The van der Waals surface area contributed by atoms with Crippen molar-refractivity contribution in [1.82, 2.24) is 15.2 Å². The van der Waals surface area contributed by atoms with Crippen LogP contribution in [0.1, 0.15) is 16.1 Å². The summed E-state index contributed by atoms with van der Waals surface area (Å²) in [5.74, 6) is 0.320. The molecule has 0 saturated carbocycles. The molecule has 0 aliphatic rings. The lowest BCUT2D eigenvalue weighted by Gasteiger charge is -2.08. The molecule has 4 aromatic carbocycles. The van der Waals surface area contributed by atoms with E-state index in [0.717, 1.165) is 39.4 Å². The van der Waals surface area contributed by atoms with E-state index in [9.17, 15) is 4.79 Å². The van der Waals surface area contributed by atoms with E-state index in [4.69, 9.17) is 4.74 Å². The Morgan fingerprint density at radius 3 is 2.19 bits per heavy atom. The van der Waals surface area contributed by atoms with Crippen LogP contribution < -0.4 is 10.2 Å². The van der Waals surface area contributed by atoms with Gasteiger partial charge in [0.05, 0.1) is 24.7 Å². The average Bonchev–Trinajstić information content (AvgIpc) is 3.40. The van der Waals surface area contributed by atoms with Crippen molar-refractivity contribution in [2.45, 2.75) is 0 Å². The minimum Gasteiger partial charge on any atom is -0.497 e. The minimum absolute atomic E-state index is 0.267.